The minimum absolute atomic E-state index is 0.164. The fourth-order valence-corrected chi connectivity index (χ4v) is 4.67. The first-order valence-electron chi connectivity index (χ1n) is 10.3. The second kappa shape index (κ2) is 9.07. The fraction of sp³-hybridized carbons (Fsp3) is 0.200. The van der Waals surface area contributed by atoms with Gasteiger partial charge in [-0.05, 0) is 35.4 Å². The van der Waals surface area contributed by atoms with E-state index in [0.717, 1.165) is 27.9 Å². The van der Waals surface area contributed by atoms with Gasteiger partial charge in [-0.3, -0.25) is 0 Å². The second-order valence-electron chi connectivity index (χ2n) is 7.87. The predicted molar refractivity (Wildman–Crippen MR) is 126 cm³/mol. The highest BCUT2D eigenvalue weighted by atomic mass is 32.2. The summed E-state index contributed by atoms with van der Waals surface area (Å²) in [5, 5.41) is 4.79. The van der Waals surface area contributed by atoms with Crippen LogP contribution in [0.25, 0.3) is 16.8 Å². The van der Waals surface area contributed by atoms with E-state index in [-0.39, 0.29) is 5.75 Å². The number of esters is 1. The molecule has 2 heterocycles. The highest BCUT2D eigenvalue weighted by Crippen LogP contribution is 2.30. The van der Waals surface area contributed by atoms with E-state index < -0.39 is 15.8 Å². The number of rotatable bonds is 7. The van der Waals surface area contributed by atoms with Gasteiger partial charge in [0.2, 0.25) is 0 Å². The molecule has 33 heavy (non-hydrogen) atoms. The van der Waals surface area contributed by atoms with Crippen molar-refractivity contribution in [1.82, 2.24) is 9.61 Å². The minimum Gasteiger partial charge on any atom is -0.495 e. The molecule has 170 valence electrons. The van der Waals surface area contributed by atoms with E-state index in [0.29, 0.717) is 23.3 Å². The molecule has 0 saturated carbocycles. The number of hydrogen-bond donors (Lipinski definition) is 0. The average Bonchev–Trinajstić information content (AvgIpc) is 3.15. The zero-order chi connectivity index (χ0) is 23.6. The number of carbonyl (C=O) groups is 1. The van der Waals surface area contributed by atoms with Gasteiger partial charge in [-0.1, -0.05) is 36.4 Å². The van der Waals surface area contributed by atoms with Crippen LogP contribution in [-0.2, 0) is 26.7 Å². The molecule has 0 radical (unpaired) electrons. The molecule has 4 rings (SSSR count). The molecule has 2 aromatic carbocycles. The summed E-state index contributed by atoms with van der Waals surface area (Å²) < 4.78 is 35.8. The normalized spacial score (nSPS) is 11.5. The third-order valence-corrected chi connectivity index (χ3v) is 6.13. The number of ether oxygens (including phenoxy) is 2. The third-order valence-electron chi connectivity index (χ3n) is 5.27. The molecule has 0 N–H and O–H groups in total. The summed E-state index contributed by atoms with van der Waals surface area (Å²) in [4.78, 5) is 12.3. The summed E-state index contributed by atoms with van der Waals surface area (Å²) in [7, 11) is -0.376. The molecular weight excluding hydrogens is 440 g/mol. The Balaban J connectivity index is 1.87. The maximum atomic E-state index is 12.3. The molecule has 0 amide bonds. The maximum absolute atomic E-state index is 12.3. The zero-order valence-electron chi connectivity index (χ0n) is 18.6. The molecule has 0 bridgehead atoms. The van der Waals surface area contributed by atoms with E-state index in [4.69, 9.17) is 14.6 Å². The van der Waals surface area contributed by atoms with Crippen molar-refractivity contribution in [2.24, 2.45) is 0 Å². The first-order valence-corrected chi connectivity index (χ1v) is 12.3. The summed E-state index contributed by atoms with van der Waals surface area (Å²) in [6.07, 6.45) is 3.43. The van der Waals surface area contributed by atoms with Crippen LogP contribution in [0.4, 0.5) is 0 Å². The van der Waals surface area contributed by atoms with E-state index in [2.05, 4.69) is 0 Å². The lowest BCUT2D eigenvalue weighted by Crippen LogP contribution is -2.07. The maximum Gasteiger partial charge on any atom is 0.337 e. The van der Waals surface area contributed by atoms with Crippen molar-refractivity contribution in [2.45, 2.75) is 12.2 Å². The van der Waals surface area contributed by atoms with Crippen LogP contribution >= 0.6 is 0 Å². The third kappa shape index (κ3) is 5.06. The number of pyridine rings is 1. The van der Waals surface area contributed by atoms with Gasteiger partial charge in [0.15, 0.2) is 9.84 Å². The van der Waals surface area contributed by atoms with Gasteiger partial charge in [0.05, 0.1) is 42.9 Å². The first-order chi connectivity index (χ1) is 15.8. The second-order valence-corrected chi connectivity index (χ2v) is 10.0. The van der Waals surface area contributed by atoms with Crippen molar-refractivity contribution < 1.29 is 22.7 Å². The molecular formula is C25H24N2O5S. The Morgan fingerprint density at radius 3 is 2.39 bits per heavy atom. The summed E-state index contributed by atoms with van der Waals surface area (Å²) in [5.74, 6) is 0.00118. The molecule has 0 aliphatic carbocycles. The van der Waals surface area contributed by atoms with Gasteiger partial charge in [-0.2, -0.15) is 5.10 Å². The van der Waals surface area contributed by atoms with Crippen LogP contribution in [0, 0.1) is 0 Å². The number of hydrogen-bond acceptors (Lipinski definition) is 6. The number of aromatic nitrogens is 2. The van der Waals surface area contributed by atoms with E-state index >= 15 is 0 Å². The van der Waals surface area contributed by atoms with E-state index in [9.17, 15) is 13.2 Å². The summed E-state index contributed by atoms with van der Waals surface area (Å²) in [5.41, 5.74) is 5.24. The predicted octanol–water partition coefficient (Wildman–Crippen LogP) is 3.93. The van der Waals surface area contributed by atoms with Gasteiger partial charge in [0.25, 0.3) is 0 Å². The Hall–Kier alpha value is -3.65. The molecule has 0 unspecified atom stereocenters. The highest BCUT2D eigenvalue weighted by molar-refractivity contribution is 7.89. The lowest BCUT2D eigenvalue weighted by molar-refractivity contribution is 0.0600. The Bertz CT molecular complexity index is 1430. The van der Waals surface area contributed by atoms with Gasteiger partial charge >= 0.3 is 5.97 Å². The van der Waals surface area contributed by atoms with Crippen molar-refractivity contribution in [3.05, 3.63) is 89.1 Å². The molecule has 0 aliphatic rings. The molecule has 0 aliphatic heterocycles. The van der Waals surface area contributed by atoms with Crippen molar-refractivity contribution in [3.8, 4) is 17.0 Å². The number of benzene rings is 2. The Kier molecular flexibility index (Phi) is 6.20. The zero-order valence-corrected chi connectivity index (χ0v) is 19.4. The monoisotopic (exact) mass is 464 g/mol. The number of methoxy groups -OCH3 is 2. The number of fused-ring (bicyclic) bond motifs is 1. The van der Waals surface area contributed by atoms with Crippen LogP contribution < -0.4 is 4.74 Å². The molecule has 0 saturated heterocycles. The van der Waals surface area contributed by atoms with E-state index in [1.807, 2.05) is 54.7 Å². The van der Waals surface area contributed by atoms with Crippen LogP contribution in [0.15, 0.2) is 66.9 Å². The lowest BCUT2D eigenvalue weighted by atomic mass is 9.97. The molecule has 8 heteroatoms. The molecule has 7 nitrogen and oxygen atoms in total. The smallest absolute Gasteiger partial charge is 0.337 e. The van der Waals surface area contributed by atoms with E-state index in [1.54, 1.807) is 23.8 Å². The van der Waals surface area contributed by atoms with Gasteiger partial charge in [0.1, 0.15) is 5.75 Å². The SMILES string of the molecule is COC(=O)c1cc(Cc2c(-c3ccccc3)nn3cc(OC)ccc23)cc(CS(C)(=O)=O)c1. The topological polar surface area (TPSA) is 87.0 Å². The molecule has 0 fully saturated rings. The van der Waals surface area contributed by atoms with Crippen LogP contribution in [0.5, 0.6) is 5.75 Å². The summed E-state index contributed by atoms with van der Waals surface area (Å²) >= 11 is 0. The van der Waals surface area contributed by atoms with Gasteiger partial charge in [0, 0.05) is 23.8 Å². The fourth-order valence-electron chi connectivity index (χ4n) is 3.90. The number of sulfone groups is 1. The van der Waals surface area contributed by atoms with Gasteiger partial charge < -0.3 is 9.47 Å². The van der Waals surface area contributed by atoms with E-state index in [1.165, 1.54) is 13.4 Å². The number of nitrogens with zero attached hydrogens (tertiary/aromatic N) is 2. The van der Waals surface area contributed by atoms with Gasteiger partial charge in [-0.15, -0.1) is 0 Å². The van der Waals surface area contributed by atoms with Crippen molar-refractivity contribution in [3.63, 3.8) is 0 Å². The Morgan fingerprint density at radius 1 is 1.00 bits per heavy atom. The first kappa shape index (κ1) is 22.5. The molecule has 0 atom stereocenters. The Labute approximate surface area is 192 Å². The largest absolute Gasteiger partial charge is 0.495 e. The van der Waals surface area contributed by atoms with Crippen molar-refractivity contribution in [1.29, 1.82) is 0 Å². The number of carbonyl (C=O) groups excluding carboxylic acids is 1. The van der Waals surface area contributed by atoms with Crippen molar-refractivity contribution >= 4 is 21.3 Å². The summed E-state index contributed by atoms with van der Waals surface area (Å²) in [6.45, 7) is 0. The lowest BCUT2D eigenvalue weighted by Gasteiger charge is -2.10. The van der Waals surface area contributed by atoms with Crippen LogP contribution in [0.3, 0.4) is 0 Å². The summed E-state index contributed by atoms with van der Waals surface area (Å²) in [6, 6.07) is 18.7. The van der Waals surface area contributed by atoms with Gasteiger partial charge in [-0.25, -0.2) is 17.7 Å². The van der Waals surface area contributed by atoms with Crippen LogP contribution in [0.2, 0.25) is 0 Å². The molecule has 2 aromatic heterocycles. The minimum atomic E-state index is -3.28. The average molecular weight is 465 g/mol. The Morgan fingerprint density at radius 2 is 1.73 bits per heavy atom. The van der Waals surface area contributed by atoms with Crippen LogP contribution in [0.1, 0.15) is 27.0 Å². The quantitative estimate of drug-likeness (QED) is 0.385. The molecule has 4 aromatic rings. The van der Waals surface area contributed by atoms with Crippen LogP contribution in [-0.4, -0.2) is 44.5 Å². The standard InChI is InChI=1S/C25H24N2O5S/c1-31-21-9-10-23-22(24(26-27(23)15-21)19-7-5-4-6-8-19)14-17-11-18(16-33(3,29)30)13-20(12-17)25(28)32-2/h4-13,15H,14,16H2,1-3H3. The highest BCUT2D eigenvalue weighted by Gasteiger charge is 2.18. The molecule has 0 spiro atoms. The van der Waals surface area contributed by atoms with Crippen molar-refractivity contribution in [2.75, 3.05) is 20.5 Å².